The van der Waals surface area contributed by atoms with Gasteiger partial charge in [0.1, 0.15) is 5.82 Å². The van der Waals surface area contributed by atoms with E-state index in [1.807, 2.05) is 100 Å². The molecule has 0 N–H and O–H groups in total. The summed E-state index contributed by atoms with van der Waals surface area (Å²) in [6.45, 7) is 2.35. The molecule has 60 heavy (non-hydrogen) atoms. The molecule has 0 unspecified atom stereocenters. The van der Waals surface area contributed by atoms with Gasteiger partial charge in [-0.3, -0.25) is 0 Å². The van der Waals surface area contributed by atoms with Gasteiger partial charge in [0.2, 0.25) is 10.0 Å². The molecule has 1 saturated heterocycles. The Kier molecular flexibility index (Phi) is 12.5. The molecule has 8 aromatic rings. The Morgan fingerprint density at radius 2 is 1.03 bits per heavy atom. The highest BCUT2D eigenvalue weighted by Crippen LogP contribution is 2.30. The molecule has 11 nitrogen and oxygen atoms in total. The van der Waals surface area contributed by atoms with Gasteiger partial charge in [0.25, 0.3) is 0 Å². The number of piperazine rings is 1. The second-order valence-electron chi connectivity index (χ2n) is 14.3. The van der Waals surface area contributed by atoms with Gasteiger partial charge < -0.3 is 18.1 Å². The first kappa shape index (κ1) is 43.3. The molecule has 0 atom stereocenters. The molecule has 2 aromatic carbocycles. The van der Waals surface area contributed by atoms with Crippen molar-refractivity contribution in [3.05, 3.63) is 155 Å². The van der Waals surface area contributed by atoms with Crippen LogP contribution in [0, 0.1) is 0 Å². The standard InChI is InChI=1S/2C15H12ClNO2S.C13H16ClN3O2S/c1-20(18,19)13-6-4-11(5-7-13)14-9-12(16)10-17-8-2-3-15(14)17;1-20(18,19)14-6-4-11(5-7-14)15-10-12(16)9-13-3-2-8-17(13)15;1-20(18,19)16-7-5-15(6-8-16)13-10-11(14)9-12-3-2-4-17(12)13/h2*2-10H,1H3;2-4,9-10H,5-8H2,1H3. The molecule has 0 radical (unpaired) electrons. The summed E-state index contributed by atoms with van der Waals surface area (Å²) < 4.78 is 76.5. The molecule has 0 aliphatic carbocycles. The van der Waals surface area contributed by atoms with Gasteiger partial charge in [-0.2, -0.15) is 4.31 Å². The molecule has 312 valence electrons. The van der Waals surface area contributed by atoms with E-state index >= 15 is 0 Å². The second kappa shape index (κ2) is 17.3. The molecular weight excluding hydrogens is 885 g/mol. The van der Waals surface area contributed by atoms with Crippen LogP contribution in [0.4, 0.5) is 5.82 Å². The van der Waals surface area contributed by atoms with E-state index in [0.717, 1.165) is 44.8 Å². The number of hydrogen-bond acceptors (Lipinski definition) is 7. The van der Waals surface area contributed by atoms with Crippen molar-refractivity contribution in [2.24, 2.45) is 0 Å². The molecule has 17 heteroatoms. The zero-order chi connectivity index (χ0) is 43.0. The van der Waals surface area contributed by atoms with E-state index in [4.69, 9.17) is 34.8 Å². The lowest BCUT2D eigenvalue weighted by molar-refractivity contribution is 0.386. The monoisotopic (exact) mass is 923 g/mol. The number of sulfone groups is 2. The average Bonchev–Trinajstić information content (AvgIpc) is 3.98. The number of fused-ring (bicyclic) bond motifs is 3. The van der Waals surface area contributed by atoms with Crippen molar-refractivity contribution in [2.75, 3.05) is 49.8 Å². The van der Waals surface area contributed by atoms with Crippen LogP contribution in [0.1, 0.15) is 0 Å². The number of nitrogens with zero attached hydrogens (tertiary/aromatic N) is 5. The van der Waals surface area contributed by atoms with Gasteiger partial charge >= 0.3 is 0 Å². The topological polar surface area (TPSA) is 122 Å². The smallest absolute Gasteiger partial charge is 0.211 e. The van der Waals surface area contributed by atoms with E-state index in [1.165, 1.54) is 23.1 Å². The van der Waals surface area contributed by atoms with Crippen molar-refractivity contribution in [1.29, 1.82) is 0 Å². The predicted molar refractivity (Wildman–Crippen MR) is 243 cm³/mol. The molecule has 0 bridgehead atoms. The van der Waals surface area contributed by atoms with E-state index in [-0.39, 0.29) is 0 Å². The Morgan fingerprint density at radius 3 is 1.60 bits per heavy atom. The van der Waals surface area contributed by atoms with E-state index in [9.17, 15) is 25.3 Å². The fourth-order valence-electron chi connectivity index (χ4n) is 7.03. The molecule has 0 spiro atoms. The van der Waals surface area contributed by atoms with Crippen molar-refractivity contribution in [2.45, 2.75) is 9.79 Å². The van der Waals surface area contributed by atoms with Gasteiger partial charge in [-0.15, -0.1) is 0 Å². The molecule has 0 saturated carbocycles. The lowest BCUT2D eigenvalue weighted by Gasteiger charge is -2.35. The van der Waals surface area contributed by atoms with Crippen LogP contribution in [-0.2, 0) is 29.7 Å². The van der Waals surface area contributed by atoms with E-state index < -0.39 is 29.7 Å². The molecule has 9 rings (SSSR count). The first-order valence-corrected chi connectivity index (χ1v) is 25.2. The maximum absolute atomic E-state index is 11.5. The van der Waals surface area contributed by atoms with Crippen molar-refractivity contribution in [1.82, 2.24) is 17.5 Å². The Labute approximate surface area is 364 Å². The van der Waals surface area contributed by atoms with E-state index in [2.05, 4.69) is 9.30 Å². The third-order valence-electron chi connectivity index (χ3n) is 9.98. The van der Waals surface area contributed by atoms with Crippen LogP contribution in [0.5, 0.6) is 0 Å². The Bertz CT molecular complexity index is 3020. The second-order valence-corrected chi connectivity index (χ2v) is 21.6. The van der Waals surface area contributed by atoms with Gasteiger partial charge in [-0.25, -0.2) is 25.3 Å². The van der Waals surface area contributed by atoms with Crippen LogP contribution >= 0.6 is 34.8 Å². The van der Waals surface area contributed by atoms with Crippen LogP contribution in [0.25, 0.3) is 38.9 Å². The zero-order valence-corrected chi connectivity index (χ0v) is 37.4. The highest BCUT2D eigenvalue weighted by Gasteiger charge is 2.24. The summed E-state index contributed by atoms with van der Waals surface area (Å²) in [4.78, 5) is 2.79. The highest BCUT2D eigenvalue weighted by atomic mass is 35.5. The summed E-state index contributed by atoms with van der Waals surface area (Å²) in [5.74, 6) is 1.01. The molecule has 6 aromatic heterocycles. The maximum atomic E-state index is 11.5. The lowest BCUT2D eigenvalue weighted by Crippen LogP contribution is -2.48. The fraction of sp³-hybridized carbons (Fsp3) is 0.163. The van der Waals surface area contributed by atoms with Gasteiger partial charge in [-0.1, -0.05) is 59.1 Å². The third-order valence-corrected chi connectivity index (χ3v) is 14.2. The van der Waals surface area contributed by atoms with Crippen LogP contribution in [0.2, 0.25) is 15.1 Å². The molecule has 1 fully saturated rings. The number of sulfonamides is 1. The molecular formula is C43H40Cl3N5O6S3. The molecule has 0 amide bonds. The van der Waals surface area contributed by atoms with Gasteiger partial charge in [0, 0.05) is 90.1 Å². The number of anilines is 1. The normalized spacial score (nSPS) is 13.9. The summed E-state index contributed by atoms with van der Waals surface area (Å²) in [5.41, 5.74) is 6.82. The number of pyridine rings is 3. The van der Waals surface area contributed by atoms with Crippen molar-refractivity contribution in [3.63, 3.8) is 0 Å². The summed E-state index contributed by atoms with van der Waals surface area (Å²) in [7, 11) is -9.44. The highest BCUT2D eigenvalue weighted by molar-refractivity contribution is 7.91. The minimum Gasteiger partial charge on any atom is -0.355 e. The quantitative estimate of drug-likeness (QED) is 0.163. The molecule has 7 heterocycles. The predicted octanol–water partition coefficient (Wildman–Crippen LogP) is 9.00. The Balaban J connectivity index is 0.000000136. The number of rotatable bonds is 6. The number of halogens is 3. The third kappa shape index (κ3) is 9.87. The van der Waals surface area contributed by atoms with Crippen LogP contribution in [0.15, 0.2) is 150 Å². The Morgan fingerprint density at radius 1 is 0.517 bits per heavy atom. The minimum absolute atomic E-state index is 0.312. The maximum Gasteiger partial charge on any atom is 0.211 e. The minimum atomic E-state index is -3.17. The van der Waals surface area contributed by atoms with Crippen molar-refractivity contribution < 1.29 is 25.3 Å². The SMILES string of the molecule is CS(=O)(=O)N1CCN(c2cc(Cl)cc3cccn23)CC1.CS(=O)(=O)c1ccc(-c2cc(Cl)cc3cccn23)cc1.CS(=O)(=O)c1ccc(-c2cc(Cl)cn3cccc23)cc1. The zero-order valence-electron chi connectivity index (χ0n) is 32.7. The first-order valence-electron chi connectivity index (χ1n) is 18.5. The fourth-order valence-corrected chi connectivity index (χ4v) is 9.75. The lowest BCUT2D eigenvalue weighted by atomic mass is 10.1. The summed E-state index contributed by atoms with van der Waals surface area (Å²) in [6, 6.07) is 34.9. The van der Waals surface area contributed by atoms with Crippen molar-refractivity contribution >= 4 is 86.9 Å². The molecule has 1 aliphatic heterocycles. The number of benzene rings is 2. The van der Waals surface area contributed by atoms with Gasteiger partial charge in [-0.05, 0) is 102 Å². The van der Waals surface area contributed by atoms with Crippen molar-refractivity contribution in [3.8, 4) is 22.4 Å². The van der Waals surface area contributed by atoms with Crippen LogP contribution < -0.4 is 4.90 Å². The summed E-state index contributed by atoms with van der Waals surface area (Å²) >= 11 is 18.4. The molecule has 1 aliphatic rings. The van der Waals surface area contributed by atoms with Gasteiger partial charge in [0.15, 0.2) is 19.7 Å². The van der Waals surface area contributed by atoms with Gasteiger partial charge in [0.05, 0.1) is 32.3 Å². The largest absolute Gasteiger partial charge is 0.355 e. The van der Waals surface area contributed by atoms with E-state index in [0.29, 0.717) is 51.0 Å². The average molecular weight is 925 g/mol. The van der Waals surface area contributed by atoms with E-state index in [1.54, 1.807) is 48.5 Å². The van der Waals surface area contributed by atoms with Crippen LogP contribution in [-0.4, -0.2) is 87.7 Å². The first-order chi connectivity index (χ1) is 28.3. The summed E-state index contributed by atoms with van der Waals surface area (Å²) in [6.07, 6.45) is 11.4. The summed E-state index contributed by atoms with van der Waals surface area (Å²) in [5, 5.41) is 1.98. The number of aromatic nitrogens is 3. The van der Waals surface area contributed by atoms with Crippen LogP contribution in [0.3, 0.4) is 0 Å². The Hall–Kier alpha value is -4.80. The number of hydrogen-bond donors (Lipinski definition) is 0.